The van der Waals surface area contributed by atoms with E-state index in [9.17, 15) is 13.2 Å². The zero-order chi connectivity index (χ0) is 14.5. The summed E-state index contributed by atoms with van der Waals surface area (Å²) in [5, 5.41) is 0. The molecule has 0 N–H and O–H groups in total. The molecule has 0 aliphatic heterocycles. The molecule has 6 heteroatoms. The number of rotatable bonds is 6. The molecule has 5 nitrogen and oxygen atoms in total. The van der Waals surface area contributed by atoms with Crippen molar-refractivity contribution in [1.82, 2.24) is 0 Å². The molecule has 0 radical (unpaired) electrons. The SMILES string of the molecule is CCCCN(c1ccc(C(=O)OC)cc1)S(C)(=O)=O. The monoisotopic (exact) mass is 285 g/mol. The van der Waals surface area contributed by atoms with Gasteiger partial charge in [0.2, 0.25) is 10.0 Å². The number of hydrogen-bond acceptors (Lipinski definition) is 4. The van der Waals surface area contributed by atoms with Crippen molar-refractivity contribution in [2.75, 3.05) is 24.2 Å². The third-order valence-corrected chi connectivity index (χ3v) is 3.89. The molecule has 0 aliphatic rings. The molecule has 0 heterocycles. The first-order chi connectivity index (χ1) is 8.90. The molecule has 1 aromatic carbocycles. The number of nitrogens with zero attached hydrogens (tertiary/aromatic N) is 1. The third kappa shape index (κ3) is 4.24. The van der Waals surface area contributed by atoms with Gasteiger partial charge in [-0.1, -0.05) is 13.3 Å². The summed E-state index contributed by atoms with van der Waals surface area (Å²) in [7, 11) is -2.01. The van der Waals surface area contributed by atoms with E-state index in [4.69, 9.17) is 0 Å². The molecule has 0 spiro atoms. The quantitative estimate of drug-likeness (QED) is 0.750. The maximum Gasteiger partial charge on any atom is 0.337 e. The van der Waals surface area contributed by atoms with Gasteiger partial charge in [0.05, 0.1) is 24.6 Å². The first-order valence-corrected chi connectivity index (χ1v) is 7.91. The summed E-state index contributed by atoms with van der Waals surface area (Å²) in [6.45, 7) is 2.44. The number of methoxy groups -OCH3 is 1. The van der Waals surface area contributed by atoms with Crippen LogP contribution >= 0.6 is 0 Å². The van der Waals surface area contributed by atoms with Crippen LogP contribution < -0.4 is 4.31 Å². The Bertz CT molecular complexity index is 522. The van der Waals surface area contributed by atoms with E-state index in [1.807, 2.05) is 6.92 Å². The Kier molecular flexibility index (Phi) is 5.35. The summed E-state index contributed by atoms with van der Waals surface area (Å²) in [5.41, 5.74) is 0.957. The van der Waals surface area contributed by atoms with Crippen LogP contribution in [0.1, 0.15) is 30.1 Å². The molecule has 106 valence electrons. The van der Waals surface area contributed by atoms with Gasteiger partial charge in [-0.15, -0.1) is 0 Å². The summed E-state index contributed by atoms with van der Waals surface area (Å²) >= 11 is 0. The summed E-state index contributed by atoms with van der Waals surface area (Å²) in [6.07, 6.45) is 2.87. The van der Waals surface area contributed by atoms with Crippen LogP contribution in [0.5, 0.6) is 0 Å². The molecule has 0 unspecified atom stereocenters. The molecule has 0 saturated carbocycles. The van der Waals surface area contributed by atoms with Gasteiger partial charge in [0, 0.05) is 6.54 Å². The minimum atomic E-state index is -3.31. The topological polar surface area (TPSA) is 63.7 Å². The number of benzene rings is 1. The summed E-state index contributed by atoms with van der Waals surface area (Å²) < 4.78 is 29.4. The molecule has 0 saturated heterocycles. The lowest BCUT2D eigenvalue weighted by Gasteiger charge is -2.22. The molecule has 0 bridgehead atoms. The van der Waals surface area contributed by atoms with Crippen LogP contribution in [0.3, 0.4) is 0 Å². The Balaban J connectivity index is 3.01. The predicted octanol–water partition coefficient (Wildman–Crippen LogP) is 2.04. The van der Waals surface area contributed by atoms with Crippen molar-refractivity contribution in [2.24, 2.45) is 0 Å². The van der Waals surface area contributed by atoms with Gasteiger partial charge in [0.25, 0.3) is 0 Å². The molecule has 1 rings (SSSR count). The standard InChI is InChI=1S/C13H19NO4S/c1-4-5-10-14(19(3,16)17)12-8-6-11(7-9-12)13(15)18-2/h6-9H,4-5,10H2,1-3H3. The molecular weight excluding hydrogens is 266 g/mol. The Morgan fingerprint density at radius 1 is 1.26 bits per heavy atom. The van der Waals surface area contributed by atoms with Gasteiger partial charge >= 0.3 is 5.97 Å². The van der Waals surface area contributed by atoms with E-state index in [1.165, 1.54) is 17.7 Å². The largest absolute Gasteiger partial charge is 0.465 e. The lowest BCUT2D eigenvalue weighted by atomic mass is 10.2. The van der Waals surface area contributed by atoms with Gasteiger partial charge in [-0.3, -0.25) is 4.31 Å². The highest BCUT2D eigenvalue weighted by molar-refractivity contribution is 7.92. The van der Waals surface area contributed by atoms with E-state index in [1.54, 1.807) is 24.3 Å². The fraction of sp³-hybridized carbons (Fsp3) is 0.462. The average molecular weight is 285 g/mol. The number of anilines is 1. The number of esters is 1. The number of unbranched alkanes of at least 4 members (excludes halogenated alkanes) is 1. The normalized spacial score (nSPS) is 11.1. The van der Waals surface area contributed by atoms with Crippen molar-refractivity contribution in [3.05, 3.63) is 29.8 Å². The van der Waals surface area contributed by atoms with E-state index in [0.717, 1.165) is 12.8 Å². The van der Waals surface area contributed by atoms with Crippen molar-refractivity contribution in [3.8, 4) is 0 Å². The molecule has 0 aromatic heterocycles. The van der Waals surface area contributed by atoms with Gasteiger partial charge in [-0.05, 0) is 30.7 Å². The molecule has 0 fully saturated rings. The van der Waals surface area contributed by atoms with Crippen LogP contribution in [-0.2, 0) is 14.8 Å². The smallest absolute Gasteiger partial charge is 0.337 e. The van der Waals surface area contributed by atoms with Crippen molar-refractivity contribution in [2.45, 2.75) is 19.8 Å². The summed E-state index contributed by atoms with van der Waals surface area (Å²) in [5.74, 6) is -0.439. The highest BCUT2D eigenvalue weighted by Gasteiger charge is 2.17. The van der Waals surface area contributed by atoms with E-state index in [0.29, 0.717) is 17.8 Å². The van der Waals surface area contributed by atoms with Gasteiger partial charge in [0.15, 0.2) is 0 Å². The maximum absolute atomic E-state index is 11.7. The minimum absolute atomic E-state index is 0.398. The van der Waals surface area contributed by atoms with E-state index in [-0.39, 0.29) is 0 Å². The number of ether oxygens (including phenoxy) is 1. The highest BCUT2D eigenvalue weighted by atomic mass is 32.2. The highest BCUT2D eigenvalue weighted by Crippen LogP contribution is 2.19. The van der Waals surface area contributed by atoms with Crippen molar-refractivity contribution >= 4 is 21.7 Å². The van der Waals surface area contributed by atoms with Gasteiger partial charge in [-0.25, -0.2) is 13.2 Å². The lowest BCUT2D eigenvalue weighted by Crippen LogP contribution is -2.30. The average Bonchev–Trinajstić information content (AvgIpc) is 2.37. The second-order valence-electron chi connectivity index (χ2n) is 4.23. The minimum Gasteiger partial charge on any atom is -0.465 e. The number of sulfonamides is 1. The van der Waals surface area contributed by atoms with Crippen molar-refractivity contribution in [1.29, 1.82) is 0 Å². The Hall–Kier alpha value is -1.56. The van der Waals surface area contributed by atoms with Crippen LogP contribution in [0.2, 0.25) is 0 Å². The predicted molar refractivity (Wildman–Crippen MR) is 74.9 cm³/mol. The Morgan fingerprint density at radius 2 is 1.84 bits per heavy atom. The van der Waals surface area contributed by atoms with Gasteiger partial charge < -0.3 is 4.74 Å². The van der Waals surface area contributed by atoms with Crippen LogP contribution in [0, 0.1) is 0 Å². The number of carbonyl (C=O) groups excluding carboxylic acids is 1. The lowest BCUT2D eigenvalue weighted by molar-refractivity contribution is 0.0601. The zero-order valence-corrected chi connectivity index (χ0v) is 12.2. The molecule has 1 aromatic rings. The van der Waals surface area contributed by atoms with Crippen LogP contribution in [0.4, 0.5) is 5.69 Å². The molecule has 19 heavy (non-hydrogen) atoms. The maximum atomic E-state index is 11.7. The molecule has 0 aliphatic carbocycles. The van der Waals surface area contributed by atoms with Crippen LogP contribution in [0.25, 0.3) is 0 Å². The summed E-state index contributed by atoms with van der Waals surface area (Å²) in [4.78, 5) is 11.3. The van der Waals surface area contributed by atoms with Gasteiger partial charge in [0.1, 0.15) is 0 Å². The van der Waals surface area contributed by atoms with E-state index >= 15 is 0 Å². The Morgan fingerprint density at radius 3 is 2.26 bits per heavy atom. The fourth-order valence-corrected chi connectivity index (χ4v) is 2.64. The fourth-order valence-electron chi connectivity index (χ4n) is 1.67. The van der Waals surface area contributed by atoms with Crippen LogP contribution in [-0.4, -0.2) is 34.3 Å². The van der Waals surface area contributed by atoms with Gasteiger partial charge in [-0.2, -0.15) is 0 Å². The zero-order valence-electron chi connectivity index (χ0n) is 11.4. The van der Waals surface area contributed by atoms with Crippen molar-refractivity contribution < 1.29 is 17.9 Å². The second-order valence-corrected chi connectivity index (χ2v) is 6.13. The number of hydrogen-bond donors (Lipinski definition) is 0. The van der Waals surface area contributed by atoms with Crippen LogP contribution in [0.15, 0.2) is 24.3 Å². The second kappa shape index (κ2) is 6.56. The van der Waals surface area contributed by atoms with Crippen molar-refractivity contribution in [3.63, 3.8) is 0 Å². The first kappa shape index (κ1) is 15.5. The Labute approximate surface area is 114 Å². The molecule has 0 amide bonds. The summed E-state index contributed by atoms with van der Waals surface area (Å²) in [6, 6.07) is 6.35. The van der Waals surface area contributed by atoms with E-state index in [2.05, 4.69) is 4.74 Å². The van der Waals surface area contributed by atoms with E-state index < -0.39 is 16.0 Å². The third-order valence-electron chi connectivity index (χ3n) is 2.69. The molecular formula is C13H19NO4S. The number of carbonyl (C=O) groups is 1. The molecule has 0 atom stereocenters. The first-order valence-electron chi connectivity index (χ1n) is 6.06.